The van der Waals surface area contributed by atoms with Gasteiger partial charge in [0.2, 0.25) is 0 Å². The third kappa shape index (κ3) is 4.63. The molecule has 0 aliphatic rings. The summed E-state index contributed by atoms with van der Waals surface area (Å²) in [6.45, 7) is 6.29. The van der Waals surface area contributed by atoms with Gasteiger partial charge in [-0.2, -0.15) is 0 Å². The van der Waals surface area contributed by atoms with Crippen molar-refractivity contribution in [2.24, 2.45) is 5.41 Å². The Morgan fingerprint density at radius 1 is 1.29 bits per heavy atom. The first-order valence-electron chi connectivity index (χ1n) is 6.98. The van der Waals surface area contributed by atoms with E-state index in [1.165, 1.54) is 14.2 Å². The molecule has 1 unspecified atom stereocenters. The number of hydrogen-bond acceptors (Lipinski definition) is 4. The van der Waals surface area contributed by atoms with Crippen LogP contribution < -0.4 is 14.8 Å². The predicted octanol–water partition coefficient (Wildman–Crippen LogP) is 2.23. The number of ether oxygens (including phenoxy) is 2. The summed E-state index contributed by atoms with van der Waals surface area (Å²) >= 11 is 0. The molecule has 0 bridgehead atoms. The number of carbonyl (C=O) groups excluding carboxylic acids is 1. The van der Waals surface area contributed by atoms with E-state index >= 15 is 0 Å². The number of nitrogens with one attached hydrogen (secondary N) is 1. The molecular formula is C16H25NO4. The fourth-order valence-corrected chi connectivity index (χ4v) is 1.92. The van der Waals surface area contributed by atoms with Crippen LogP contribution in [0.2, 0.25) is 0 Å². The van der Waals surface area contributed by atoms with E-state index in [0.717, 1.165) is 0 Å². The Labute approximate surface area is 126 Å². The van der Waals surface area contributed by atoms with E-state index in [2.05, 4.69) is 5.32 Å². The highest BCUT2D eigenvalue weighted by Gasteiger charge is 2.22. The quantitative estimate of drug-likeness (QED) is 0.844. The summed E-state index contributed by atoms with van der Waals surface area (Å²) in [6, 6.07) is 5.15. The number of para-hydroxylation sites is 1. The van der Waals surface area contributed by atoms with E-state index in [1.807, 2.05) is 20.8 Å². The molecule has 0 saturated carbocycles. The third-order valence-electron chi connectivity index (χ3n) is 3.35. The third-order valence-corrected chi connectivity index (χ3v) is 3.35. The first kappa shape index (κ1) is 17.3. The van der Waals surface area contributed by atoms with Crippen molar-refractivity contribution in [3.63, 3.8) is 0 Å². The van der Waals surface area contributed by atoms with Crippen molar-refractivity contribution in [1.82, 2.24) is 5.32 Å². The standard InChI is InChI=1S/C16H25NO4/c1-16(2,3)13(18)9-10-17-15(19)11-7-6-8-12(20-4)14(11)21-5/h6-8,13,18H,9-10H2,1-5H3,(H,17,19). The Morgan fingerprint density at radius 3 is 2.48 bits per heavy atom. The number of carbonyl (C=O) groups is 1. The van der Waals surface area contributed by atoms with E-state index in [4.69, 9.17) is 9.47 Å². The molecule has 0 saturated heterocycles. The molecular weight excluding hydrogens is 270 g/mol. The van der Waals surface area contributed by atoms with Gasteiger partial charge in [-0.1, -0.05) is 26.8 Å². The maximum absolute atomic E-state index is 12.2. The molecule has 118 valence electrons. The highest BCUT2D eigenvalue weighted by atomic mass is 16.5. The molecule has 0 heterocycles. The minimum absolute atomic E-state index is 0.196. The number of benzene rings is 1. The molecule has 1 atom stereocenters. The van der Waals surface area contributed by atoms with Gasteiger partial charge in [-0.05, 0) is 24.0 Å². The van der Waals surface area contributed by atoms with Crippen LogP contribution in [0.3, 0.4) is 0 Å². The Hall–Kier alpha value is -1.75. The SMILES string of the molecule is COc1cccc(C(=O)NCCC(O)C(C)(C)C)c1OC. The van der Waals surface area contributed by atoms with Crippen LogP contribution >= 0.6 is 0 Å². The fraction of sp³-hybridized carbons (Fsp3) is 0.562. The van der Waals surface area contributed by atoms with Crippen LogP contribution in [0.1, 0.15) is 37.6 Å². The van der Waals surface area contributed by atoms with Gasteiger partial charge in [-0.25, -0.2) is 0 Å². The lowest BCUT2D eigenvalue weighted by Crippen LogP contribution is -2.32. The molecule has 5 nitrogen and oxygen atoms in total. The lowest BCUT2D eigenvalue weighted by Gasteiger charge is -2.25. The second-order valence-electron chi connectivity index (χ2n) is 5.97. The van der Waals surface area contributed by atoms with Crippen LogP contribution in [0.4, 0.5) is 0 Å². The van der Waals surface area contributed by atoms with Gasteiger partial charge in [0.05, 0.1) is 25.9 Å². The number of aliphatic hydroxyl groups excluding tert-OH is 1. The van der Waals surface area contributed by atoms with Crippen LogP contribution in [-0.2, 0) is 0 Å². The van der Waals surface area contributed by atoms with Gasteiger partial charge in [0, 0.05) is 6.54 Å². The van der Waals surface area contributed by atoms with Crippen molar-refractivity contribution in [3.8, 4) is 11.5 Å². The topological polar surface area (TPSA) is 67.8 Å². The molecule has 0 radical (unpaired) electrons. The Balaban J connectivity index is 2.69. The first-order chi connectivity index (χ1) is 9.81. The van der Waals surface area contributed by atoms with Gasteiger partial charge in [0.1, 0.15) is 0 Å². The monoisotopic (exact) mass is 295 g/mol. The van der Waals surface area contributed by atoms with E-state index in [9.17, 15) is 9.90 Å². The molecule has 0 fully saturated rings. The smallest absolute Gasteiger partial charge is 0.255 e. The van der Waals surface area contributed by atoms with Crippen molar-refractivity contribution < 1.29 is 19.4 Å². The lowest BCUT2D eigenvalue weighted by atomic mass is 9.87. The van der Waals surface area contributed by atoms with Gasteiger partial charge in [0.25, 0.3) is 5.91 Å². The highest BCUT2D eigenvalue weighted by Crippen LogP contribution is 2.30. The zero-order valence-corrected chi connectivity index (χ0v) is 13.4. The minimum Gasteiger partial charge on any atom is -0.493 e. The minimum atomic E-state index is -0.468. The molecule has 0 spiro atoms. The fourth-order valence-electron chi connectivity index (χ4n) is 1.92. The number of aliphatic hydroxyl groups is 1. The summed E-state index contributed by atoms with van der Waals surface area (Å²) in [6.07, 6.45) is 0.0339. The lowest BCUT2D eigenvalue weighted by molar-refractivity contribution is 0.0551. The molecule has 1 amide bonds. The van der Waals surface area contributed by atoms with Crippen molar-refractivity contribution in [3.05, 3.63) is 23.8 Å². The summed E-state index contributed by atoms with van der Waals surface area (Å²) < 4.78 is 10.4. The molecule has 0 aromatic heterocycles. The van der Waals surface area contributed by atoms with E-state index < -0.39 is 6.10 Å². The Bertz CT molecular complexity index is 480. The van der Waals surface area contributed by atoms with Crippen molar-refractivity contribution in [2.75, 3.05) is 20.8 Å². The average molecular weight is 295 g/mol. The highest BCUT2D eigenvalue weighted by molar-refractivity contribution is 5.97. The van der Waals surface area contributed by atoms with E-state index in [0.29, 0.717) is 30.0 Å². The summed E-state index contributed by atoms with van der Waals surface area (Å²) in [4.78, 5) is 12.2. The second-order valence-corrected chi connectivity index (χ2v) is 5.97. The molecule has 1 aromatic carbocycles. The molecule has 5 heteroatoms. The number of hydrogen-bond donors (Lipinski definition) is 2. The normalized spacial score (nSPS) is 12.7. The van der Waals surface area contributed by atoms with Crippen LogP contribution in [0.5, 0.6) is 11.5 Å². The van der Waals surface area contributed by atoms with Gasteiger partial charge in [-0.3, -0.25) is 4.79 Å². The molecule has 21 heavy (non-hydrogen) atoms. The van der Waals surface area contributed by atoms with Crippen LogP contribution in [0, 0.1) is 5.41 Å². The van der Waals surface area contributed by atoms with Crippen LogP contribution in [-0.4, -0.2) is 37.9 Å². The van der Waals surface area contributed by atoms with Crippen molar-refractivity contribution >= 4 is 5.91 Å². The van der Waals surface area contributed by atoms with Gasteiger partial charge in [0.15, 0.2) is 11.5 Å². The van der Waals surface area contributed by atoms with Gasteiger partial charge < -0.3 is 19.9 Å². The molecule has 0 aliphatic heterocycles. The Morgan fingerprint density at radius 2 is 1.95 bits per heavy atom. The predicted molar refractivity (Wildman–Crippen MR) is 82.0 cm³/mol. The number of amides is 1. The van der Waals surface area contributed by atoms with Gasteiger partial charge in [-0.15, -0.1) is 0 Å². The summed E-state index contributed by atoms with van der Waals surface area (Å²) in [5, 5.41) is 12.7. The molecule has 2 N–H and O–H groups in total. The Kier molecular flexibility index (Phi) is 6.03. The number of methoxy groups -OCH3 is 2. The van der Waals surface area contributed by atoms with Crippen LogP contribution in [0.25, 0.3) is 0 Å². The molecule has 1 aromatic rings. The summed E-state index contributed by atoms with van der Waals surface area (Å²) in [5.41, 5.74) is 0.223. The van der Waals surface area contributed by atoms with Gasteiger partial charge >= 0.3 is 0 Å². The maximum Gasteiger partial charge on any atom is 0.255 e. The van der Waals surface area contributed by atoms with E-state index in [-0.39, 0.29) is 11.3 Å². The average Bonchev–Trinajstić information content (AvgIpc) is 2.44. The maximum atomic E-state index is 12.2. The van der Waals surface area contributed by atoms with Crippen LogP contribution in [0.15, 0.2) is 18.2 Å². The zero-order chi connectivity index (χ0) is 16.0. The number of rotatable bonds is 6. The largest absolute Gasteiger partial charge is 0.493 e. The zero-order valence-electron chi connectivity index (χ0n) is 13.4. The van der Waals surface area contributed by atoms with E-state index in [1.54, 1.807) is 18.2 Å². The molecule has 0 aliphatic carbocycles. The first-order valence-corrected chi connectivity index (χ1v) is 6.98. The summed E-state index contributed by atoms with van der Waals surface area (Å²) in [7, 11) is 3.03. The van der Waals surface area contributed by atoms with Crippen molar-refractivity contribution in [2.45, 2.75) is 33.3 Å². The summed E-state index contributed by atoms with van der Waals surface area (Å²) in [5.74, 6) is 0.681. The second kappa shape index (κ2) is 7.31. The molecule has 1 rings (SSSR count). The van der Waals surface area contributed by atoms with Crippen molar-refractivity contribution in [1.29, 1.82) is 0 Å².